The van der Waals surface area contributed by atoms with Crippen LogP contribution >= 0.6 is 0 Å². The van der Waals surface area contributed by atoms with Gasteiger partial charge in [-0.05, 0) is 5.56 Å². The highest BCUT2D eigenvalue weighted by atomic mass is 16.5. The zero-order valence-corrected chi connectivity index (χ0v) is 11.6. The third-order valence-corrected chi connectivity index (χ3v) is 3.18. The first-order chi connectivity index (χ1) is 10.3. The SMILES string of the molecule is COC1=Nc2nccnc2C(=O)N(Cc2ccccc2)C1. The summed E-state index contributed by atoms with van der Waals surface area (Å²) in [5.41, 5.74) is 1.29. The summed E-state index contributed by atoms with van der Waals surface area (Å²) in [5.74, 6) is 0.547. The van der Waals surface area contributed by atoms with E-state index in [1.54, 1.807) is 4.90 Å². The molecule has 0 radical (unpaired) electrons. The summed E-state index contributed by atoms with van der Waals surface area (Å²) in [7, 11) is 1.53. The highest BCUT2D eigenvalue weighted by Crippen LogP contribution is 2.20. The van der Waals surface area contributed by atoms with E-state index >= 15 is 0 Å². The highest BCUT2D eigenvalue weighted by Gasteiger charge is 2.26. The molecule has 6 heteroatoms. The van der Waals surface area contributed by atoms with E-state index in [0.717, 1.165) is 5.56 Å². The Kier molecular flexibility index (Phi) is 3.59. The van der Waals surface area contributed by atoms with Gasteiger partial charge in [-0.3, -0.25) is 4.79 Å². The minimum absolute atomic E-state index is 0.197. The van der Waals surface area contributed by atoms with E-state index in [-0.39, 0.29) is 11.6 Å². The Bertz CT molecular complexity index is 685. The van der Waals surface area contributed by atoms with Gasteiger partial charge in [-0.2, -0.15) is 4.99 Å². The van der Waals surface area contributed by atoms with Gasteiger partial charge in [-0.25, -0.2) is 9.97 Å². The maximum atomic E-state index is 12.6. The quantitative estimate of drug-likeness (QED) is 0.842. The largest absolute Gasteiger partial charge is 0.483 e. The minimum atomic E-state index is -0.197. The maximum Gasteiger partial charge on any atom is 0.277 e. The van der Waals surface area contributed by atoms with Crippen LogP contribution in [0.1, 0.15) is 16.1 Å². The predicted molar refractivity (Wildman–Crippen MR) is 77.3 cm³/mol. The molecule has 6 nitrogen and oxygen atoms in total. The average molecular weight is 282 g/mol. The van der Waals surface area contributed by atoms with E-state index in [1.165, 1.54) is 19.5 Å². The van der Waals surface area contributed by atoms with E-state index in [0.29, 0.717) is 24.8 Å². The molecule has 2 heterocycles. The van der Waals surface area contributed by atoms with E-state index < -0.39 is 0 Å². The number of aliphatic imine (C=N–C) groups is 1. The molecule has 106 valence electrons. The second kappa shape index (κ2) is 5.70. The van der Waals surface area contributed by atoms with Gasteiger partial charge in [0.2, 0.25) is 5.90 Å². The van der Waals surface area contributed by atoms with Crippen molar-refractivity contribution in [3.05, 3.63) is 54.0 Å². The number of hydrogen-bond donors (Lipinski definition) is 0. The smallest absolute Gasteiger partial charge is 0.277 e. The van der Waals surface area contributed by atoms with Crippen molar-refractivity contribution in [3.8, 4) is 0 Å². The Morgan fingerprint density at radius 2 is 1.95 bits per heavy atom. The van der Waals surface area contributed by atoms with Crippen molar-refractivity contribution in [3.63, 3.8) is 0 Å². The number of amides is 1. The number of hydrogen-bond acceptors (Lipinski definition) is 5. The first-order valence-electron chi connectivity index (χ1n) is 6.53. The van der Waals surface area contributed by atoms with Gasteiger partial charge in [-0.1, -0.05) is 30.3 Å². The third kappa shape index (κ3) is 2.74. The summed E-state index contributed by atoms with van der Waals surface area (Å²) in [6.45, 7) is 0.764. The molecule has 1 amide bonds. The van der Waals surface area contributed by atoms with Crippen LogP contribution in [-0.4, -0.2) is 40.3 Å². The standard InChI is InChI=1S/C15H14N4O2/c1-21-12-10-19(9-11-5-3-2-4-6-11)15(20)13-14(18-12)17-8-7-16-13/h2-8H,9-10H2,1H3. The van der Waals surface area contributed by atoms with E-state index in [2.05, 4.69) is 15.0 Å². The first-order valence-corrected chi connectivity index (χ1v) is 6.53. The normalized spacial score (nSPS) is 14.2. The topological polar surface area (TPSA) is 67.7 Å². The van der Waals surface area contributed by atoms with Crippen LogP contribution in [0.25, 0.3) is 0 Å². The molecule has 1 aromatic heterocycles. The number of fused-ring (bicyclic) bond motifs is 1. The number of ether oxygens (including phenoxy) is 1. The summed E-state index contributed by atoms with van der Waals surface area (Å²) < 4.78 is 5.23. The molecule has 2 aromatic rings. The molecule has 0 bridgehead atoms. The number of methoxy groups -OCH3 is 1. The van der Waals surface area contributed by atoms with E-state index in [9.17, 15) is 4.79 Å². The molecule has 1 aliphatic rings. The molecular formula is C15H14N4O2. The van der Waals surface area contributed by atoms with Crippen molar-refractivity contribution in [1.29, 1.82) is 0 Å². The molecule has 0 spiro atoms. The average Bonchev–Trinajstić information content (AvgIpc) is 2.66. The molecule has 0 atom stereocenters. The van der Waals surface area contributed by atoms with Crippen LogP contribution in [0.4, 0.5) is 5.82 Å². The van der Waals surface area contributed by atoms with Gasteiger partial charge in [0, 0.05) is 18.9 Å². The monoisotopic (exact) mass is 282 g/mol. The van der Waals surface area contributed by atoms with Crippen LogP contribution in [0.2, 0.25) is 0 Å². The summed E-state index contributed by atoms with van der Waals surface area (Å²) in [5, 5.41) is 0. The second-order valence-electron chi connectivity index (χ2n) is 4.59. The van der Waals surface area contributed by atoms with Gasteiger partial charge < -0.3 is 9.64 Å². The van der Waals surface area contributed by atoms with Gasteiger partial charge in [0.15, 0.2) is 11.5 Å². The molecule has 21 heavy (non-hydrogen) atoms. The molecule has 0 saturated carbocycles. The van der Waals surface area contributed by atoms with Crippen LogP contribution in [0.5, 0.6) is 0 Å². The maximum absolute atomic E-state index is 12.6. The Hall–Kier alpha value is -2.76. The minimum Gasteiger partial charge on any atom is -0.483 e. The highest BCUT2D eigenvalue weighted by molar-refractivity contribution is 6.01. The summed E-state index contributed by atoms with van der Waals surface area (Å²) in [6, 6.07) is 9.77. The number of aromatic nitrogens is 2. The number of carbonyl (C=O) groups is 1. The molecule has 0 unspecified atom stereocenters. The lowest BCUT2D eigenvalue weighted by Gasteiger charge is -2.20. The fourth-order valence-corrected chi connectivity index (χ4v) is 2.14. The molecule has 0 aliphatic carbocycles. The van der Waals surface area contributed by atoms with Crippen LogP contribution in [0.15, 0.2) is 47.7 Å². The van der Waals surface area contributed by atoms with Crippen molar-refractivity contribution >= 4 is 17.6 Å². The lowest BCUT2D eigenvalue weighted by molar-refractivity contribution is 0.0758. The van der Waals surface area contributed by atoms with E-state index in [4.69, 9.17) is 4.74 Å². The molecule has 0 fully saturated rings. The summed E-state index contributed by atoms with van der Waals surface area (Å²) in [6.07, 6.45) is 3.00. The Balaban J connectivity index is 1.95. The Labute approximate surface area is 122 Å². The lowest BCUT2D eigenvalue weighted by atomic mass is 10.2. The number of benzene rings is 1. The zero-order valence-electron chi connectivity index (χ0n) is 11.6. The van der Waals surface area contributed by atoms with Gasteiger partial charge in [-0.15, -0.1) is 0 Å². The van der Waals surface area contributed by atoms with Crippen LogP contribution in [0.3, 0.4) is 0 Å². The molecule has 0 saturated heterocycles. The number of nitrogens with zero attached hydrogens (tertiary/aromatic N) is 4. The van der Waals surface area contributed by atoms with Crippen molar-refractivity contribution < 1.29 is 9.53 Å². The predicted octanol–water partition coefficient (Wildman–Crippen LogP) is 1.81. The van der Waals surface area contributed by atoms with Crippen LogP contribution in [-0.2, 0) is 11.3 Å². The molecule has 1 aliphatic heterocycles. The number of carbonyl (C=O) groups excluding carboxylic acids is 1. The van der Waals surface area contributed by atoms with Gasteiger partial charge in [0.25, 0.3) is 5.91 Å². The van der Waals surface area contributed by atoms with Crippen LogP contribution in [0, 0.1) is 0 Å². The molecular weight excluding hydrogens is 268 g/mol. The van der Waals surface area contributed by atoms with Crippen molar-refractivity contribution in [1.82, 2.24) is 14.9 Å². The first kappa shape index (κ1) is 13.2. The Morgan fingerprint density at radius 1 is 1.19 bits per heavy atom. The van der Waals surface area contributed by atoms with Crippen molar-refractivity contribution in [2.75, 3.05) is 13.7 Å². The fourth-order valence-electron chi connectivity index (χ4n) is 2.14. The summed E-state index contributed by atoms with van der Waals surface area (Å²) >= 11 is 0. The third-order valence-electron chi connectivity index (χ3n) is 3.18. The zero-order chi connectivity index (χ0) is 14.7. The lowest BCUT2D eigenvalue weighted by Crippen LogP contribution is -2.34. The number of rotatable bonds is 2. The fraction of sp³-hybridized carbons (Fsp3) is 0.200. The van der Waals surface area contributed by atoms with Gasteiger partial charge in [0.1, 0.15) is 0 Å². The van der Waals surface area contributed by atoms with Gasteiger partial charge >= 0.3 is 0 Å². The molecule has 1 aromatic carbocycles. The van der Waals surface area contributed by atoms with Crippen molar-refractivity contribution in [2.24, 2.45) is 4.99 Å². The summed E-state index contributed by atoms with van der Waals surface area (Å²) in [4.78, 5) is 26.7. The Morgan fingerprint density at radius 3 is 2.71 bits per heavy atom. The second-order valence-corrected chi connectivity index (χ2v) is 4.59. The van der Waals surface area contributed by atoms with Crippen molar-refractivity contribution in [2.45, 2.75) is 6.54 Å². The van der Waals surface area contributed by atoms with Gasteiger partial charge in [0.05, 0.1) is 13.7 Å². The van der Waals surface area contributed by atoms with Crippen LogP contribution < -0.4 is 0 Å². The molecule has 3 rings (SSSR count). The van der Waals surface area contributed by atoms with E-state index in [1.807, 2.05) is 30.3 Å². The molecule has 0 N–H and O–H groups in total.